The van der Waals surface area contributed by atoms with Crippen molar-refractivity contribution in [2.75, 3.05) is 12.8 Å². The molecule has 2 aromatic rings. The van der Waals surface area contributed by atoms with Gasteiger partial charge in [0.15, 0.2) is 5.69 Å². The molecule has 1 heterocycles. The quantitative estimate of drug-likeness (QED) is 0.825. The summed E-state index contributed by atoms with van der Waals surface area (Å²) in [4.78, 5) is 15.2. The molecular formula is C13H11FN2O2. The van der Waals surface area contributed by atoms with Gasteiger partial charge in [0.05, 0.1) is 12.8 Å². The molecule has 0 fully saturated rings. The molecule has 2 rings (SSSR count). The second kappa shape index (κ2) is 4.83. The fraction of sp³-hybridized carbons (Fsp3) is 0.0769. The van der Waals surface area contributed by atoms with Crippen LogP contribution in [0.4, 0.5) is 10.1 Å². The molecule has 0 atom stereocenters. The van der Waals surface area contributed by atoms with Crippen molar-refractivity contribution in [3.8, 4) is 11.1 Å². The Bertz CT molecular complexity index is 599. The normalized spacial score (nSPS) is 10.1. The largest absolute Gasteiger partial charge is 0.464 e. The number of ether oxygens (including phenoxy) is 1. The van der Waals surface area contributed by atoms with Crippen LogP contribution in [0.2, 0.25) is 0 Å². The molecule has 0 aliphatic heterocycles. The van der Waals surface area contributed by atoms with Gasteiger partial charge >= 0.3 is 5.97 Å². The minimum atomic E-state index is -0.618. The van der Waals surface area contributed by atoms with E-state index in [2.05, 4.69) is 9.72 Å². The van der Waals surface area contributed by atoms with E-state index in [1.807, 2.05) is 0 Å². The Hall–Kier alpha value is -2.43. The number of hydrogen-bond acceptors (Lipinski definition) is 4. The zero-order valence-electron chi connectivity index (χ0n) is 9.68. The number of benzene rings is 1. The van der Waals surface area contributed by atoms with E-state index in [4.69, 9.17) is 5.73 Å². The molecule has 92 valence electrons. The molecule has 0 saturated carbocycles. The third-order valence-corrected chi connectivity index (χ3v) is 2.48. The number of aromatic nitrogens is 1. The lowest BCUT2D eigenvalue weighted by Gasteiger charge is -2.06. The van der Waals surface area contributed by atoms with Crippen molar-refractivity contribution < 1.29 is 13.9 Å². The number of pyridine rings is 1. The second-order valence-electron chi connectivity index (χ2n) is 3.63. The van der Waals surface area contributed by atoms with Gasteiger partial charge in [-0.05, 0) is 12.1 Å². The molecule has 4 nitrogen and oxygen atoms in total. The lowest BCUT2D eigenvalue weighted by atomic mass is 10.1. The van der Waals surface area contributed by atoms with Crippen LogP contribution < -0.4 is 5.73 Å². The fourth-order valence-electron chi connectivity index (χ4n) is 1.59. The van der Waals surface area contributed by atoms with Gasteiger partial charge in [-0.3, -0.25) is 0 Å². The maximum absolute atomic E-state index is 13.6. The van der Waals surface area contributed by atoms with E-state index in [0.29, 0.717) is 11.1 Å². The number of nitrogens with zero attached hydrogens (tertiary/aromatic N) is 1. The third-order valence-electron chi connectivity index (χ3n) is 2.48. The van der Waals surface area contributed by atoms with Crippen molar-refractivity contribution in [2.45, 2.75) is 0 Å². The number of esters is 1. The predicted octanol–water partition coefficient (Wildman–Crippen LogP) is 2.26. The van der Waals surface area contributed by atoms with Crippen LogP contribution in [0.15, 0.2) is 36.5 Å². The zero-order valence-corrected chi connectivity index (χ0v) is 9.68. The Morgan fingerprint density at radius 1 is 1.39 bits per heavy atom. The van der Waals surface area contributed by atoms with Crippen molar-refractivity contribution in [3.63, 3.8) is 0 Å². The van der Waals surface area contributed by atoms with E-state index < -0.39 is 5.97 Å². The minimum Gasteiger partial charge on any atom is -0.464 e. The van der Waals surface area contributed by atoms with E-state index in [0.717, 1.165) is 0 Å². The van der Waals surface area contributed by atoms with Crippen molar-refractivity contribution >= 4 is 11.7 Å². The molecule has 5 heteroatoms. The Kier molecular flexibility index (Phi) is 3.23. The molecule has 0 radical (unpaired) electrons. The Balaban J connectivity index is 2.47. The van der Waals surface area contributed by atoms with Gasteiger partial charge in [0, 0.05) is 17.3 Å². The van der Waals surface area contributed by atoms with Gasteiger partial charge in [-0.15, -0.1) is 0 Å². The summed E-state index contributed by atoms with van der Waals surface area (Å²) in [6.45, 7) is 0. The summed E-state index contributed by atoms with van der Waals surface area (Å²) in [6, 6.07) is 7.77. The highest BCUT2D eigenvalue weighted by Gasteiger charge is 2.13. The van der Waals surface area contributed by atoms with E-state index in [1.165, 1.54) is 25.4 Å². The molecule has 0 aliphatic rings. The standard InChI is InChI=1S/C13H11FN2O2/c1-18-13(17)12-11(15)6-8(7-16-12)9-4-2-3-5-10(9)14/h2-7H,15H2,1H3. The topological polar surface area (TPSA) is 65.2 Å². The van der Waals surface area contributed by atoms with Crippen LogP contribution in [-0.2, 0) is 4.74 Å². The molecule has 0 amide bonds. The van der Waals surface area contributed by atoms with E-state index in [-0.39, 0.29) is 17.2 Å². The first kappa shape index (κ1) is 12.0. The van der Waals surface area contributed by atoms with Crippen LogP contribution >= 0.6 is 0 Å². The van der Waals surface area contributed by atoms with Crippen LogP contribution in [-0.4, -0.2) is 18.1 Å². The summed E-state index contributed by atoms with van der Waals surface area (Å²) in [5, 5.41) is 0. The highest BCUT2D eigenvalue weighted by Crippen LogP contribution is 2.24. The first-order valence-electron chi connectivity index (χ1n) is 5.22. The van der Waals surface area contributed by atoms with Crippen LogP contribution in [0, 0.1) is 5.82 Å². The molecule has 18 heavy (non-hydrogen) atoms. The Morgan fingerprint density at radius 3 is 2.72 bits per heavy atom. The van der Waals surface area contributed by atoms with Crippen molar-refractivity contribution in [3.05, 3.63) is 48.0 Å². The number of rotatable bonds is 2. The van der Waals surface area contributed by atoms with Crippen LogP contribution in [0.1, 0.15) is 10.5 Å². The predicted molar refractivity (Wildman–Crippen MR) is 65.4 cm³/mol. The smallest absolute Gasteiger partial charge is 0.358 e. The van der Waals surface area contributed by atoms with Crippen molar-refractivity contribution in [2.24, 2.45) is 0 Å². The number of carbonyl (C=O) groups excluding carboxylic acids is 1. The maximum atomic E-state index is 13.6. The second-order valence-corrected chi connectivity index (χ2v) is 3.63. The molecule has 2 N–H and O–H groups in total. The first-order valence-corrected chi connectivity index (χ1v) is 5.22. The number of anilines is 1. The first-order chi connectivity index (χ1) is 8.63. The van der Waals surface area contributed by atoms with Gasteiger partial charge in [0.2, 0.25) is 0 Å². The molecule has 0 unspecified atom stereocenters. The molecule has 0 aliphatic carbocycles. The SMILES string of the molecule is COC(=O)c1ncc(-c2ccccc2F)cc1N. The fourth-order valence-corrected chi connectivity index (χ4v) is 1.59. The number of hydrogen-bond donors (Lipinski definition) is 1. The zero-order chi connectivity index (χ0) is 13.1. The Morgan fingerprint density at radius 2 is 2.11 bits per heavy atom. The summed E-state index contributed by atoms with van der Waals surface area (Å²) in [5.74, 6) is -0.989. The summed E-state index contributed by atoms with van der Waals surface area (Å²) < 4.78 is 18.1. The van der Waals surface area contributed by atoms with Gasteiger partial charge in [0.25, 0.3) is 0 Å². The highest BCUT2D eigenvalue weighted by molar-refractivity contribution is 5.93. The number of halogens is 1. The summed E-state index contributed by atoms with van der Waals surface area (Å²) >= 11 is 0. The third kappa shape index (κ3) is 2.15. The van der Waals surface area contributed by atoms with Crippen LogP contribution in [0.5, 0.6) is 0 Å². The molecule has 1 aromatic carbocycles. The lowest BCUT2D eigenvalue weighted by Crippen LogP contribution is -2.08. The van der Waals surface area contributed by atoms with Gasteiger partial charge in [0.1, 0.15) is 5.82 Å². The molecule has 0 saturated heterocycles. The summed E-state index contributed by atoms with van der Waals surface area (Å²) in [7, 11) is 1.24. The maximum Gasteiger partial charge on any atom is 0.358 e. The van der Waals surface area contributed by atoms with Gasteiger partial charge in [-0.25, -0.2) is 14.2 Å². The molecular weight excluding hydrogens is 235 g/mol. The van der Waals surface area contributed by atoms with E-state index >= 15 is 0 Å². The van der Waals surface area contributed by atoms with E-state index in [1.54, 1.807) is 18.2 Å². The lowest BCUT2D eigenvalue weighted by molar-refractivity contribution is 0.0595. The van der Waals surface area contributed by atoms with Gasteiger partial charge < -0.3 is 10.5 Å². The number of nitrogen functional groups attached to an aromatic ring is 1. The molecule has 0 spiro atoms. The number of nitrogens with two attached hydrogens (primary N) is 1. The van der Waals surface area contributed by atoms with Crippen molar-refractivity contribution in [1.29, 1.82) is 0 Å². The highest BCUT2D eigenvalue weighted by atomic mass is 19.1. The van der Waals surface area contributed by atoms with Crippen molar-refractivity contribution in [1.82, 2.24) is 4.98 Å². The molecule has 1 aromatic heterocycles. The number of methoxy groups -OCH3 is 1. The Labute approximate surface area is 103 Å². The van der Waals surface area contributed by atoms with Gasteiger partial charge in [-0.2, -0.15) is 0 Å². The monoisotopic (exact) mass is 246 g/mol. The van der Waals surface area contributed by atoms with Gasteiger partial charge in [-0.1, -0.05) is 18.2 Å². The average molecular weight is 246 g/mol. The summed E-state index contributed by atoms with van der Waals surface area (Å²) in [6.07, 6.45) is 1.39. The summed E-state index contributed by atoms with van der Waals surface area (Å²) in [5.41, 5.74) is 6.78. The van der Waals surface area contributed by atoms with Crippen LogP contribution in [0.3, 0.4) is 0 Å². The molecule has 0 bridgehead atoms. The number of carbonyl (C=O) groups is 1. The van der Waals surface area contributed by atoms with Crippen LogP contribution in [0.25, 0.3) is 11.1 Å². The van der Waals surface area contributed by atoms with E-state index in [9.17, 15) is 9.18 Å². The average Bonchev–Trinajstić information content (AvgIpc) is 2.38. The minimum absolute atomic E-state index is 0.0255.